The van der Waals surface area contributed by atoms with Crippen molar-refractivity contribution in [2.75, 3.05) is 0 Å². The Morgan fingerprint density at radius 3 is 2.70 bits per heavy atom. The summed E-state index contributed by atoms with van der Waals surface area (Å²) >= 11 is 7.30. The molecule has 3 rings (SSSR count). The number of phenolic OH excluding ortho intramolecular Hbond substituents is 1. The van der Waals surface area contributed by atoms with E-state index >= 15 is 0 Å². The summed E-state index contributed by atoms with van der Waals surface area (Å²) < 4.78 is 0. The van der Waals surface area contributed by atoms with Crippen LogP contribution in [0.2, 0.25) is 5.02 Å². The maximum Gasteiger partial charge on any atom is 0.134 e. The summed E-state index contributed by atoms with van der Waals surface area (Å²) in [5, 5.41) is 22.1. The summed E-state index contributed by atoms with van der Waals surface area (Å²) in [6.45, 7) is 0. The Kier molecular flexibility index (Phi) is 4.42. The Labute approximate surface area is 142 Å². The number of hydrogen-bond donors (Lipinski definition) is 1. The molecule has 1 aromatic heterocycles. The lowest BCUT2D eigenvalue weighted by Crippen LogP contribution is -1.83. The number of hydrogen-bond acceptors (Lipinski definition) is 4. The maximum absolute atomic E-state index is 9.51. The number of aromatic nitrogens is 1. The number of rotatable bonds is 3. The van der Waals surface area contributed by atoms with Crippen LogP contribution in [0.4, 0.5) is 0 Å². The van der Waals surface area contributed by atoms with Gasteiger partial charge in [0.1, 0.15) is 16.8 Å². The van der Waals surface area contributed by atoms with Crippen molar-refractivity contribution in [1.82, 2.24) is 4.98 Å². The SMILES string of the molecule is N#C/C(=C\c1cccc(O)c1)c1nc(-c2ccc(Cl)cc2)cs1. The molecule has 3 nitrogen and oxygen atoms in total. The van der Waals surface area contributed by atoms with Crippen molar-refractivity contribution < 1.29 is 5.11 Å². The lowest BCUT2D eigenvalue weighted by Gasteiger charge is -1.98. The Morgan fingerprint density at radius 2 is 2.00 bits per heavy atom. The van der Waals surface area contributed by atoms with Crippen LogP contribution < -0.4 is 0 Å². The highest BCUT2D eigenvalue weighted by Gasteiger charge is 2.09. The molecule has 0 radical (unpaired) electrons. The zero-order valence-electron chi connectivity index (χ0n) is 11.9. The fourth-order valence-electron chi connectivity index (χ4n) is 2.07. The van der Waals surface area contributed by atoms with Crippen LogP contribution in [0.5, 0.6) is 5.75 Å². The first-order chi connectivity index (χ1) is 11.2. The molecule has 0 fully saturated rings. The van der Waals surface area contributed by atoms with Crippen LogP contribution in [0.25, 0.3) is 22.9 Å². The van der Waals surface area contributed by atoms with E-state index < -0.39 is 0 Å². The van der Waals surface area contributed by atoms with Crippen LogP contribution in [0.1, 0.15) is 10.6 Å². The second kappa shape index (κ2) is 6.66. The average molecular weight is 339 g/mol. The Balaban J connectivity index is 1.94. The van der Waals surface area contributed by atoms with Gasteiger partial charge in [-0.25, -0.2) is 4.98 Å². The van der Waals surface area contributed by atoms with Gasteiger partial charge in [-0.05, 0) is 35.9 Å². The van der Waals surface area contributed by atoms with Crippen molar-refractivity contribution in [2.45, 2.75) is 0 Å². The first-order valence-electron chi connectivity index (χ1n) is 6.78. The smallest absolute Gasteiger partial charge is 0.134 e. The van der Waals surface area contributed by atoms with E-state index in [1.165, 1.54) is 11.3 Å². The van der Waals surface area contributed by atoms with E-state index in [0.29, 0.717) is 15.6 Å². The minimum absolute atomic E-state index is 0.164. The number of nitrogens with zero attached hydrogens (tertiary/aromatic N) is 2. The number of halogens is 1. The zero-order chi connectivity index (χ0) is 16.2. The molecule has 23 heavy (non-hydrogen) atoms. The molecule has 5 heteroatoms. The topological polar surface area (TPSA) is 56.9 Å². The summed E-state index contributed by atoms with van der Waals surface area (Å²) in [6, 6.07) is 16.3. The minimum Gasteiger partial charge on any atom is -0.508 e. The molecule has 0 spiro atoms. The van der Waals surface area contributed by atoms with Crippen molar-refractivity contribution in [3.63, 3.8) is 0 Å². The summed E-state index contributed by atoms with van der Waals surface area (Å²) in [5.41, 5.74) is 2.97. The average Bonchev–Trinajstić information content (AvgIpc) is 3.03. The molecule has 1 heterocycles. The summed E-state index contributed by atoms with van der Waals surface area (Å²) in [7, 11) is 0. The van der Waals surface area contributed by atoms with E-state index in [-0.39, 0.29) is 5.75 Å². The van der Waals surface area contributed by atoms with E-state index in [0.717, 1.165) is 16.8 Å². The minimum atomic E-state index is 0.164. The molecule has 0 saturated heterocycles. The number of nitriles is 1. The van der Waals surface area contributed by atoms with Crippen molar-refractivity contribution >= 4 is 34.6 Å². The number of allylic oxidation sites excluding steroid dienone is 1. The van der Waals surface area contributed by atoms with Crippen LogP contribution in [-0.4, -0.2) is 10.1 Å². The van der Waals surface area contributed by atoms with Crippen molar-refractivity contribution in [1.29, 1.82) is 5.26 Å². The van der Waals surface area contributed by atoms with E-state index in [1.807, 2.05) is 35.7 Å². The van der Waals surface area contributed by atoms with Crippen molar-refractivity contribution in [2.24, 2.45) is 0 Å². The quantitative estimate of drug-likeness (QED) is 0.665. The van der Waals surface area contributed by atoms with Gasteiger partial charge in [-0.2, -0.15) is 5.26 Å². The zero-order valence-corrected chi connectivity index (χ0v) is 13.5. The van der Waals surface area contributed by atoms with Crippen LogP contribution in [0.15, 0.2) is 53.9 Å². The van der Waals surface area contributed by atoms with Crippen LogP contribution >= 0.6 is 22.9 Å². The molecule has 0 aliphatic heterocycles. The van der Waals surface area contributed by atoms with Gasteiger partial charge >= 0.3 is 0 Å². The molecule has 0 aliphatic carbocycles. The van der Waals surface area contributed by atoms with E-state index in [2.05, 4.69) is 11.1 Å². The summed E-state index contributed by atoms with van der Waals surface area (Å²) in [6.07, 6.45) is 1.71. The number of benzene rings is 2. The Morgan fingerprint density at radius 1 is 1.22 bits per heavy atom. The van der Waals surface area contributed by atoms with E-state index in [1.54, 1.807) is 24.3 Å². The molecule has 0 bridgehead atoms. The molecule has 0 atom stereocenters. The predicted octanol–water partition coefficient (Wildman–Crippen LogP) is 5.23. The number of thiazole rings is 1. The Hall–Kier alpha value is -2.61. The fourth-order valence-corrected chi connectivity index (χ4v) is 2.99. The van der Waals surface area contributed by atoms with Gasteiger partial charge < -0.3 is 5.11 Å². The maximum atomic E-state index is 9.51. The summed E-state index contributed by atoms with van der Waals surface area (Å²) in [4.78, 5) is 4.52. The molecule has 2 aromatic carbocycles. The van der Waals surface area contributed by atoms with Crippen molar-refractivity contribution in [3.8, 4) is 23.1 Å². The van der Waals surface area contributed by atoms with Crippen LogP contribution in [-0.2, 0) is 0 Å². The molecular weight excluding hydrogens is 328 g/mol. The van der Waals surface area contributed by atoms with Gasteiger partial charge in [-0.15, -0.1) is 11.3 Å². The highest BCUT2D eigenvalue weighted by Crippen LogP contribution is 2.28. The third kappa shape index (κ3) is 3.59. The van der Waals surface area contributed by atoms with Crippen LogP contribution in [0, 0.1) is 11.3 Å². The molecule has 0 saturated carbocycles. The standard InChI is InChI=1S/C18H11ClN2OS/c19-15-6-4-13(5-7-15)17-11-23-18(21-17)14(10-20)8-12-2-1-3-16(22)9-12/h1-9,11,22H/b14-8+. The summed E-state index contributed by atoms with van der Waals surface area (Å²) in [5.74, 6) is 0.164. The highest BCUT2D eigenvalue weighted by molar-refractivity contribution is 7.11. The third-order valence-corrected chi connectivity index (χ3v) is 4.30. The molecule has 3 aromatic rings. The van der Waals surface area contributed by atoms with Gasteiger partial charge in [0, 0.05) is 16.0 Å². The highest BCUT2D eigenvalue weighted by atomic mass is 35.5. The first-order valence-corrected chi connectivity index (χ1v) is 8.04. The molecule has 112 valence electrons. The van der Waals surface area contributed by atoms with Gasteiger partial charge in [-0.1, -0.05) is 35.9 Å². The predicted molar refractivity (Wildman–Crippen MR) is 94.2 cm³/mol. The number of phenols is 1. The lowest BCUT2D eigenvalue weighted by molar-refractivity contribution is 0.475. The second-order valence-corrected chi connectivity index (χ2v) is 6.10. The van der Waals surface area contributed by atoms with Crippen molar-refractivity contribution in [3.05, 3.63) is 69.5 Å². The number of aromatic hydroxyl groups is 1. The van der Waals surface area contributed by atoms with E-state index in [9.17, 15) is 10.4 Å². The van der Waals surface area contributed by atoms with Gasteiger partial charge in [0.05, 0.1) is 11.3 Å². The first kappa shape index (κ1) is 15.3. The lowest BCUT2D eigenvalue weighted by atomic mass is 10.1. The normalized spacial score (nSPS) is 11.2. The van der Waals surface area contributed by atoms with Crippen LogP contribution in [0.3, 0.4) is 0 Å². The fraction of sp³-hybridized carbons (Fsp3) is 0. The molecule has 0 amide bonds. The Bertz CT molecular complexity index is 907. The molecule has 0 aliphatic rings. The van der Waals surface area contributed by atoms with Gasteiger partial charge in [-0.3, -0.25) is 0 Å². The molecule has 0 unspecified atom stereocenters. The largest absolute Gasteiger partial charge is 0.508 e. The van der Waals surface area contributed by atoms with Gasteiger partial charge in [0.25, 0.3) is 0 Å². The third-order valence-electron chi connectivity index (χ3n) is 3.18. The van der Waals surface area contributed by atoms with E-state index in [4.69, 9.17) is 11.6 Å². The monoisotopic (exact) mass is 338 g/mol. The van der Waals surface area contributed by atoms with Gasteiger partial charge in [0.15, 0.2) is 0 Å². The second-order valence-electron chi connectivity index (χ2n) is 4.81. The molecule has 1 N–H and O–H groups in total. The van der Waals surface area contributed by atoms with Gasteiger partial charge in [0.2, 0.25) is 0 Å². The molecular formula is C18H11ClN2OS.